The van der Waals surface area contributed by atoms with Crippen LogP contribution >= 0.6 is 0 Å². The van der Waals surface area contributed by atoms with Crippen molar-refractivity contribution < 1.29 is 23.7 Å². The summed E-state index contributed by atoms with van der Waals surface area (Å²) in [5, 5.41) is 8.25. The number of aryl methyl sites for hydroxylation is 1. The summed E-state index contributed by atoms with van der Waals surface area (Å²) in [4.78, 5) is 10.7. The van der Waals surface area contributed by atoms with Gasteiger partial charge in [-0.2, -0.15) is 0 Å². The normalized spacial score (nSPS) is 11.4. The molecule has 1 aromatic heterocycles. The molecule has 162 valence electrons. The van der Waals surface area contributed by atoms with E-state index in [4.69, 9.17) is 18.9 Å². The summed E-state index contributed by atoms with van der Waals surface area (Å²) in [5.74, 6) is 0.893. The number of nitrogens with zero attached hydrogens (tertiary/aromatic N) is 3. The third kappa shape index (κ3) is 14.7. The molecule has 0 atom stereocenters. The van der Waals surface area contributed by atoms with Gasteiger partial charge in [0.25, 0.3) is 0 Å². The third-order valence-electron chi connectivity index (χ3n) is 3.97. The predicted octanol–water partition coefficient (Wildman–Crippen LogP) is 2.65. The summed E-state index contributed by atoms with van der Waals surface area (Å²) in [6.45, 7) is 10.9. The second-order valence-electron chi connectivity index (χ2n) is 7.20. The average Bonchev–Trinajstić information content (AvgIpc) is 3.10. The zero-order chi connectivity index (χ0) is 20.5. The Morgan fingerprint density at radius 1 is 0.964 bits per heavy atom. The molecule has 8 nitrogen and oxygen atoms in total. The fourth-order valence-corrected chi connectivity index (χ4v) is 2.39. The van der Waals surface area contributed by atoms with Crippen LogP contribution < -0.4 is 0 Å². The molecular weight excluding hydrogens is 362 g/mol. The van der Waals surface area contributed by atoms with E-state index in [0.29, 0.717) is 59.3 Å². The zero-order valence-electron chi connectivity index (χ0n) is 17.7. The van der Waals surface area contributed by atoms with Gasteiger partial charge < -0.3 is 18.9 Å². The van der Waals surface area contributed by atoms with Gasteiger partial charge in [-0.05, 0) is 19.3 Å². The predicted molar refractivity (Wildman–Crippen MR) is 106 cm³/mol. The number of ketones is 1. The number of hydrogen-bond acceptors (Lipinski definition) is 7. The number of rotatable bonds is 19. The van der Waals surface area contributed by atoms with Crippen LogP contribution in [0.1, 0.15) is 52.1 Å². The number of carbonyl (C=O) groups is 1. The van der Waals surface area contributed by atoms with Gasteiger partial charge in [-0.1, -0.05) is 31.9 Å². The van der Waals surface area contributed by atoms with Crippen molar-refractivity contribution in [3.05, 3.63) is 11.9 Å². The first-order valence-corrected chi connectivity index (χ1v) is 10.3. The van der Waals surface area contributed by atoms with Gasteiger partial charge in [-0.3, -0.25) is 9.48 Å². The quantitative estimate of drug-likeness (QED) is 0.331. The van der Waals surface area contributed by atoms with Crippen LogP contribution in [0.2, 0.25) is 0 Å². The first kappa shape index (κ1) is 24.7. The van der Waals surface area contributed by atoms with Gasteiger partial charge in [-0.15, -0.1) is 5.10 Å². The summed E-state index contributed by atoms with van der Waals surface area (Å²) < 4.78 is 23.5. The van der Waals surface area contributed by atoms with E-state index in [1.165, 1.54) is 12.8 Å². The lowest BCUT2D eigenvalue weighted by Gasteiger charge is -2.06. The van der Waals surface area contributed by atoms with Crippen LogP contribution in [0.4, 0.5) is 0 Å². The SMILES string of the molecule is CC(=O)CCOCCOCCOCCOCc1cn(CCCCC(C)C)nn1. The fraction of sp³-hybridized carbons (Fsp3) is 0.850. The molecule has 0 aromatic carbocycles. The van der Waals surface area contributed by atoms with Gasteiger partial charge in [0.2, 0.25) is 0 Å². The van der Waals surface area contributed by atoms with Crippen molar-refractivity contribution in [2.75, 3.05) is 46.2 Å². The van der Waals surface area contributed by atoms with Crippen molar-refractivity contribution >= 4 is 5.78 Å². The Morgan fingerprint density at radius 3 is 2.18 bits per heavy atom. The largest absolute Gasteiger partial charge is 0.379 e. The molecule has 0 saturated carbocycles. The molecule has 0 aliphatic heterocycles. The lowest BCUT2D eigenvalue weighted by Crippen LogP contribution is -2.12. The van der Waals surface area contributed by atoms with Crippen LogP contribution in [-0.2, 0) is 36.9 Å². The lowest BCUT2D eigenvalue weighted by atomic mass is 10.1. The standard InChI is InChI=1S/C20H37N3O5/c1-18(2)6-4-5-8-23-16-20(21-22-23)17-28-15-14-27-13-12-26-11-10-25-9-7-19(3)24/h16,18H,4-15,17H2,1-3H3. The molecule has 1 heterocycles. The molecule has 0 saturated heterocycles. The first-order chi connectivity index (χ1) is 13.6. The van der Waals surface area contributed by atoms with Crippen LogP contribution in [0.3, 0.4) is 0 Å². The molecule has 0 aliphatic rings. The van der Waals surface area contributed by atoms with E-state index in [0.717, 1.165) is 24.6 Å². The lowest BCUT2D eigenvalue weighted by molar-refractivity contribution is -0.118. The van der Waals surface area contributed by atoms with Crippen molar-refractivity contribution in [1.29, 1.82) is 0 Å². The van der Waals surface area contributed by atoms with Crippen LogP contribution in [0.15, 0.2) is 6.20 Å². The second-order valence-corrected chi connectivity index (χ2v) is 7.20. The summed E-state index contributed by atoms with van der Waals surface area (Å²) in [5.41, 5.74) is 0.844. The maximum atomic E-state index is 10.7. The maximum Gasteiger partial charge on any atom is 0.132 e. The first-order valence-electron chi connectivity index (χ1n) is 10.3. The van der Waals surface area contributed by atoms with Gasteiger partial charge in [0.15, 0.2) is 0 Å². The Bertz CT molecular complexity index is 508. The van der Waals surface area contributed by atoms with E-state index >= 15 is 0 Å². The fourth-order valence-electron chi connectivity index (χ4n) is 2.39. The molecule has 0 amide bonds. The molecule has 1 rings (SSSR count). The summed E-state index contributed by atoms with van der Waals surface area (Å²) in [6, 6.07) is 0. The molecule has 0 aliphatic carbocycles. The molecule has 8 heteroatoms. The van der Waals surface area contributed by atoms with E-state index in [1.54, 1.807) is 6.92 Å². The Morgan fingerprint density at radius 2 is 1.57 bits per heavy atom. The van der Waals surface area contributed by atoms with Gasteiger partial charge in [-0.25, -0.2) is 0 Å². The minimum Gasteiger partial charge on any atom is -0.379 e. The Kier molecular flexibility index (Phi) is 14.6. The average molecular weight is 400 g/mol. The van der Waals surface area contributed by atoms with E-state index in [9.17, 15) is 4.79 Å². The van der Waals surface area contributed by atoms with E-state index < -0.39 is 0 Å². The number of hydrogen-bond donors (Lipinski definition) is 0. The number of unbranched alkanes of at least 4 members (excludes halogenated alkanes) is 1. The number of carbonyl (C=O) groups excluding carboxylic acids is 1. The molecule has 28 heavy (non-hydrogen) atoms. The molecule has 1 aromatic rings. The highest BCUT2D eigenvalue weighted by atomic mass is 16.6. The summed E-state index contributed by atoms with van der Waals surface area (Å²) in [7, 11) is 0. The Labute approximate surface area is 168 Å². The molecule has 0 N–H and O–H groups in total. The van der Waals surface area contributed by atoms with Crippen molar-refractivity contribution in [1.82, 2.24) is 15.0 Å². The molecule has 0 bridgehead atoms. The monoisotopic (exact) mass is 399 g/mol. The third-order valence-corrected chi connectivity index (χ3v) is 3.97. The Balaban J connectivity index is 1.87. The van der Waals surface area contributed by atoms with Crippen molar-refractivity contribution in [3.63, 3.8) is 0 Å². The van der Waals surface area contributed by atoms with Gasteiger partial charge in [0.1, 0.15) is 11.5 Å². The van der Waals surface area contributed by atoms with Crippen LogP contribution in [-0.4, -0.2) is 67.0 Å². The maximum absolute atomic E-state index is 10.7. The molecule has 0 radical (unpaired) electrons. The highest BCUT2D eigenvalue weighted by molar-refractivity contribution is 5.75. The smallest absolute Gasteiger partial charge is 0.132 e. The van der Waals surface area contributed by atoms with Crippen molar-refractivity contribution in [2.45, 2.75) is 59.6 Å². The van der Waals surface area contributed by atoms with E-state index in [-0.39, 0.29) is 5.78 Å². The van der Waals surface area contributed by atoms with Crippen molar-refractivity contribution in [2.24, 2.45) is 5.92 Å². The number of Topliss-reactive ketones (excluding diaryl/α,β-unsaturated/α-hetero) is 1. The highest BCUT2D eigenvalue weighted by Crippen LogP contribution is 2.07. The molecule has 0 spiro atoms. The minimum atomic E-state index is 0.137. The van der Waals surface area contributed by atoms with Gasteiger partial charge in [0, 0.05) is 13.0 Å². The molecular formula is C20H37N3O5. The number of ether oxygens (including phenoxy) is 4. The van der Waals surface area contributed by atoms with Crippen LogP contribution in [0.5, 0.6) is 0 Å². The van der Waals surface area contributed by atoms with Crippen LogP contribution in [0, 0.1) is 5.92 Å². The molecule has 0 fully saturated rings. The van der Waals surface area contributed by atoms with Crippen molar-refractivity contribution in [3.8, 4) is 0 Å². The number of aromatic nitrogens is 3. The topological polar surface area (TPSA) is 84.7 Å². The summed E-state index contributed by atoms with van der Waals surface area (Å²) in [6.07, 6.45) is 6.00. The minimum absolute atomic E-state index is 0.137. The summed E-state index contributed by atoms with van der Waals surface area (Å²) >= 11 is 0. The van der Waals surface area contributed by atoms with E-state index in [1.807, 2.05) is 10.9 Å². The zero-order valence-corrected chi connectivity index (χ0v) is 17.7. The van der Waals surface area contributed by atoms with E-state index in [2.05, 4.69) is 24.2 Å². The molecule has 0 unspecified atom stereocenters. The van der Waals surface area contributed by atoms with Gasteiger partial charge >= 0.3 is 0 Å². The van der Waals surface area contributed by atoms with Crippen LogP contribution in [0.25, 0.3) is 0 Å². The second kappa shape index (κ2) is 16.6. The highest BCUT2D eigenvalue weighted by Gasteiger charge is 2.02. The van der Waals surface area contributed by atoms with Gasteiger partial charge in [0.05, 0.1) is 59.1 Å². The Hall–Kier alpha value is -1.35.